The summed E-state index contributed by atoms with van der Waals surface area (Å²) in [5, 5.41) is 0. The topological polar surface area (TPSA) is 32.8 Å². The number of carbonyl (C=O) groups is 1. The molecule has 1 atom stereocenters. The molecule has 0 spiro atoms. The van der Waals surface area contributed by atoms with E-state index in [1.807, 2.05) is 6.92 Å². The van der Waals surface area contributed by atoms with Crippen molar-refractivity contribution in [2.75, 3.05) is 19.7 Å². The fourth-order valence-electron chi connectivity index (χ4n) is 0.923. The number of rotatable bonds is 4. The maximum Gasteiger partial charge on any atom is 0.246 e. The van der Waals surface area contributed by atoms with Crippen molar-refractivity contribution in [3.63, 3.8) is 0 Å². The number of nitrogens with zero attached hydrogens (tertiary/aromatic N) is 1. The second kappa shape index (κ2) is 3.53. The lowest BCUT2D eigenvalue weighted by Gasteiger charge is -2.16. The summed E-state index contributed by atoms with van der Waals surface area (Å²) in [7, 11) is 0. The van der Waals surface area contributed by atoms with Gasteiger partial charge in [-0.05, 0) is 13.0 Å². The molecule has 1 fully saturated rings. The van der Waals surface area contributed by atoms with Crippen LogP contribution >= 0.6 is 0 Å². The molecule has 1 amide bonds. The van der Waals surface area contributed by atoms with Gasteiger partial charge in [-0.2, -0.15) is 0 Å². The molecule has 1 heterocycles. The Morgan fingerprint density at radius 3 is 2.91 bits per heavy atom. The number of likely N-dealkylation sites (N-methyl/N-ethyl adjacent to an activating group) is 1. The van der Waals surface area contributed by atoms with E-state index in [9.17, 15) is 4.79 Å². The van der Waals surface area contributed by atoms with Gasteiger partial charge < -0.3 is 9.64 Å². The molecule has 0 radical (unpaired) electrons. The molecule has 62 valence electrons. The van der Waals surface area contributed by atoms with Crippen molar-refractivity contribution >= 4 is 5.91 Å². The van der Waals surface area contributed by atoms with Crippen LogP contribution in [0.1, 0.15) is 6.92 Å². The third-order valence-electron chi connectivity index (χ3n) is 1.69. The molecule has 0 aromatic rings. The quantitative estimate of drug-likeness (QED) is 0.435. The number of carbonyl (C=O) groups excluding carboxylic acids is 1. The van der Waals surface area contributed by atoms with Gasteiger partial charge in [0.25, 0.3) is 0 Å². The highest BCUT2D eigenvalue weighted by Crippen LogP contribution is 2.10. The molecule has 0 aliphatic carbocycles. The number of amides is 1. The average molecular weight is 155 g/mol. The van der Waals surface area contributed by atoms with E-state index in [1.54, 1.807) is 4.90 Å². The Bertz CT molecular complexity index is 163. The van der Waals surface area contributed by atoms with E-state index in [4.69, 9.17) is 4.74 Å². The Morgan fingerprint density at radius 2 is 2.55 bits per heavy atom. The summed E-state index contributed by atoms with van der Waals surface area (Å²) in [5.74, 6) is -0.0111. The summed E-state index contributed by atoms with van der Waals surface area (Å²) in [4.78, 5) is 12.8. The van der Waals surface area contributed by atoms with Crippen LogP contribution in [0.15, 0.2) is 12.7 Å². The van der Waals surface area contributed by atoms with E-state index < -0.39 is 0 Å². The van der Waals surface area contributed by atoms with E-state index in [2.05, 4.69) is 6.58 Å². The Balaban J connectivity index is 2.33. The lowest BCUT2D eigenvalue weighted by molar-refractivity contribution is -0.126. The first-order valence-electron chi connectivity index (χ1n) is 3.81. The summed E-state index contributed by atoms with van der Waals surface area (Å²) in [5.41, 5.74) is 0. The van der Waals surface area contributed by atoms with E-state index in [0.717, 1.165) is 13.2 Å². The molecule has 0 bridgehead atoms. The van der Waals surface area contributed by atoms with Gasteiger partial charge in [-0.25, -0.2) is 0 Å². The maximum absolute atomic E-state index is 11.1. The molecule has 1 aliphatic heterocycles. The van der Waals surface area contributed by atoms with Gasteiger partial charge >= 0.3 is 0 Å². The predicted molar refractivity (Wildman–Crippen MR) is 42.2 cm³/mol. The van der Waals surface area contributed by atoms with Gasteiger partial charge in [-0.1, -0.05) is 6.58 Å². The van der Waals surface area contributed by atoms with Gasteiger partial charge in [-0.15, -0.1) is 0 Å². The Labute approximate surface area is 66.6 Å². The SMILES string of the molecule is C=CC(=O)N(CC)CC1CO1. The molecule has 1 rings (SSSR count). The zero-order valence-corrected chi connectivity index (χ0v) is 6.75. The molecule has 0 aromatic carbocycles. The van der Waals surface area contributed by atoms with Crippen molar-refractivity contribution < 1.29 is 9.53 Å². The van der Waals surface area contributed by atoms with E-state index in [0.29, 0.717) is 6.54 Å². The van der Waals surface area contributed by atoms with Gasteiger partial charge in [0, 0.05) is 13.1 Å². The zero-order valence-electron chi connectivity index (χ0n) is 6.75. The standard InChI is InChI=1S/C8H13NO2/c1-3-8(10)9(4-2)5-7-6-11-7/h3,7H,1,4-6H2,2H3. The second-order valence-corrected chi connectivity index (χ2v) is 2.54. The van der Waals surface area contributed by atoms with Gasteiger partial charge in [-0.3, -0.25) is 4.79 Å². The molecule has 0 N–H and O–H groups in total. The van der Waals surface area contributed by atoms with Crippen molar-refractivity contribution in [2.24, 2.45) is 0 Å². The summed E-state index contributed by atoms with van der Waals surface area (Å²) in [6.07, 6.45) is 1.62. The second-order valence-electron chi connectivity index (χ2n) is 2.54. The molecule has 11 heavy (non-hydrogen) atoms. The smallest absolute Gasteiger partial charge is 0.246 e. The molecule has 3 nitrogen and oxygen atoms in total. The van der Waals surface area contributed by atoms with Crippen LogP contribution in [-0.2, 0) is 9.53 Å². The van der Waals surface area contributed by atoms with Crippen LogP contribution in [0.2, 0.25) is 0 Å². The minimum atomic E-state index is -0.0111. The average Bonchev–Trinajstić information content (AvgIpc) is 2.82. The van der Waals surface area contributed by atoms with Crippen LogP contribution in [0.3, 0.4) is 0 Å². The molecule has 3 heteroatoms. The first-order chi connectivity index (χ1) is 5.27. The first-order valence-corrected chi connectivity index (χ1v) is 3.81. The largest absolute Gasteiger partial charge is 0.371 e. The number of ether oxygens (including phenoxy) is 1. The number of epoxide rings is 1. The van der Waals surface area contributed by atoms with Crippen molar-refractivity contribution in [3.05, 3.63) is 12.7 Å². The minimum absolute atomic E-state index is 0.0111. The third-order valence-corrected chi connectivity index (χ3v) is 1.69. The zero-order chi connectivity index (χ0) is 8.27. The number of hydrogen-bond donors (Lipinski definition) is 0. The lowest BCUT2D eigenvalue weighted by atomic mass is 10.4. The third kappa shape index (κ3) is 2.35. The molecular weight excluding hydrogens is 142 g/mol. The van der Waals surface area contributed by atoms with Crippen LogP contribution in [0.25, 0.3) is 0 Å². The van der Waals surface area contributed by atoms with Crippen LogP contribution in [0.5, 0.6) is 0 Å². The molecule has 1 unspecified atom stereocenters. The molecule has 0 saturated carbocycles. The molecule has 1 aliphatic rings. The minimum Gasteiger partial charge on any atom is -0.371 e. The van der Waals surface area contributed by atoms with Crippen molar-refractivity contribution in [3.8, 4) is 0 Å². The number of hydrogen-bond acceptors (Lipinski definition) is 2. The first kappa shape index (κ1) is 8.27. The van der Waals surface area contributed by atoms with Crippen LogP contribution in [-0.4, -0.2) is 36.6 Å². The Hall–Kier alpha value is -0.830. The normalized spacial score (nSPS) is 21.0. The summed E-state index contributed by atoms with van der Waals surface area (Å²) in [6.45, 7) is 7.60. The predicted octanol–water partition coefficient (Wildman–Crippen LogP) is 0.420. The highest BCUT2D eigenvalue weighted by atomic mass is 16.6. The maximum atomic E-state index is 11.1. The molecule has 1 saturated heterocycles. The molecular formula is C8H13NO2. The van der Waals surface area contributed by atoms with Crippen LogP contribution in [0.4, 0.5) is 0 Å². The van der Waals surface area contributed by atoms with Crippen molar-refractivity contribution in [1.29, 1.82) is 0 Å². The fraction of sp³-hybridized carbons (Fsp3) is 0.625. The fourth-order valence-corrected chi connectivity index (χ4v) is 0.923. The van der Waals surface area contributed by atoms with Gasteiger partial charge in [0.2, 0.25) is 5.91 Å². The van der Waals surface area contributed by atoms with Crippen LogP contribution < -0.4 is 0 Å². The Kier molecular flexibility index (Phi) is 2.65. The van der Waals surface area contributed by atoms with E-state index >= 15 is 0 Å². The van der Waals surface area contributed by atoms with Crippen molar-refractivity contribution in [1.82, 2.24) is 4.90 Å². The van der Waals surface area contributed by atoms with E-state index in [-0.39, 0.29) is 12.0 Å². The molecule has 0 aromatic heterocycles. The summed E-state index contributed by atoms with van der Waals surface area (Å²) in [6, 6.07) is 0. The van der Waals surface area contributed by atoms with Gasteiger partial charge in [0.05, 0.1) is 12.7 Å². The van der Waals surface area contributed by atoms with E-state index in [1.165, 1.54) is 6.08 Å². The lowest BCUT2D eigenvalue weighted by Crippen LogP contribution is -2.32. The van der Waals surface area contributed by atoms with Gasteiger partial charge in [0.15, 0.2) is 0 Å². The summed E-state index contributed by atoms with van der Waals surface area (Å²) < 4.78 is 5.01. The van der Waals surface area contributed by atoms with Crippen LogP contribution in [0, 0.1) is 0 Å². The Morgan fingerprint density at radius 1 is 1.91 bits per heavy atom. The monoisotopic (exact) mass is 155 g/mol. The van der Waals surface area contributed by atoms with Gasteiger partial charge in [0.1, 0.15) is 0 Å². The highest BCUT2D eigenvalue weighted by molar-refractivity contribution is 5.86. The summed E-state index contributed by atoms with van der Waals surface area (Å²) >= 11 is 0. The van der Waals surface area contributed by atoms with Crippen molar-refractivity contribution in [2.45, 2.75) is 13.0 Å². The highest BCUT2D eigenvalue weighted by Gasteiger charge is 2.25.